The van der Waals surface area contributed by atoms with Crippen molar-refractivity contribution in [3.8, 4) is 0 Å². The zero-order valence-corrected chi connectivity index (χ0v) is 12.4. The molecule has 0 aliphatic rings. The van der Waals surface area contributed by atoms with E-state index < -0.39 is 0 Å². The first-order valence-electron chi connectivity index (χ1n) is 7.50. The van der Waals surface area contributed by atoms with E-state index in [9.17, 15) is 4.39 Å². The molecule has 2 N–H and O–H groups in total. The SMILES string of the molecule is CC(C)n1c(CCCCCCN)nc2c(F)cccc21. The average molecular weight is 277 g/mol. The Hall–Kier alpha value is -1.42. The molecule has 0 atom stereocenters. The van der Waals surface area contributed by atoms with Gasteiger partial charge in [0.05, 0.1) is 5.52 Å². The van der Waals surface area contributed by atoms with Crippen LogP contribution in [0.1, 0.15) is 51.4 Å². The molecule has 0 spiro atoms. The Labute approximate surface area is 120 Å². The predicted octanol–water partition coefficient (Wildman–Crippen LogP) is 3.82. The van der Waals surface area contributed by atoms with Crippen LogP contribution in [0.5, 0.6) is 0 Å². The maximum Gasteiger partial charge on any atom is 0.151 e. The number of aromatic nitrogens is 2. The number of rotatable bonds is 7. The van der Waals surface area contributed by atoms with Crippen molar-refractivity contribution in [2.24, 2.45) is 5.73 Å². The lowest BCUT2D eigenvalue weighted by molar-refractivity contribution is 0.562. The molecule has 0 amide bonds. The number of hydrogen-bond acceptors (Lipinski definition) is 2. The quantitative estimate of drug-likeness (QED) is 0.782. The highest BCUT2D eigenvalue weighted by atomic mass is 19.1. The lowest BCUT2D eigenvalue weighted by atomic mass is 10.1. The minimum absolute atomic E-state index is 0.230. The van der Waals surface area contributed by atoms with Crippen LogP contribution in [-0.4, -0.2) is 16.1 Å². The van der Waals surface area contributed by atoms with E-state index in [1.165, 1.54) is 6.07 Å². The van der Waals surface area contributed by atoms with Crippen LogP contribution >= 0.6 is 0 Å². The zero-order chi connectivity index (χ0) is 14.5. The van der Waals surface area contributed by atoms with Crippen molar-refractivity contribution in [2.45, 2.75) is 52.0 Å². The molecular weight excluding hydrogens is 253 g/mol. The lowest BCUT2D eigenvalue weighted by Crippen LogP contribution is -2.06. The number of aryl methyl sites for hydroxylation is 1. The van der Waals surface area contributed by atoms with Gasteiger partial charge < -0.3 is 10.3 Å². The predicted molar refractivity (Wildman–Crippen MR) is 81.3 cm³/mol. The Morgan fingerprint density at radius 1 is 1.20 bits per heavy atom. The lowest BCUT2D eigenvalue weighted by Gasteiger charge is -2.13. The first kappa shape index (κ1) is 15.0. The second-order valence-corrected chi connectivity index (χ2v) is 5.55. The highest BCUT2D eigenvalue weighted by molar-refractivity contribution is 5.76. The first-order valence-corrected chi connectivity index (χ1v) is 7.50. The second-order valence-electron chi connectivity index (χ2n) is 5.55. The van der Waals surface area contributed by atoms with E-state index >= 15 is 0 Å². The summed E-state index contributed by atoms with van der Waals surface area (Å²) in [5.41, 5.74) is 6.89. The van der Waals surface area contributed by atoms with E-state index in [-0.39, 0.29) is 5.82 Å². The smallest absolute Gasteiger partial charge is 0.151 e. The summed E-state index contributed by atoms with van der Waals surface area (Å²) in [6, 6.07) is 5.47. The van der Waals surface area contributed by atoms with Crippen LogP contribution in [-0.2, 0) is 6.42 Å². The standard InChI is InChI=1S/C16H24FN3/c1-12(2)20-14-9-7-8-13(17)16(14)19-15(20)10-5-3-4-6-11-18/h7-9,12H,3-6,10-11,18H2,1-2H3. The minimum Gasteiger partial charge on any atom is -0.330 e. The molecular formula is C16H24FN3. The summed E-state index contributed by atoms with van der Waals surface area (Å²) in [4.78, 5) is 4.51. The summed E-state index contributed by atoms with van der Waals surface area (Å²) >= 11 is 0. The molecule has 3 nitrogen and oxygen atoms in total. The molecule has 110 valence electrons. The van der Waals surface area contributed by atoms with Gasteiger partial charge in [0.15, 0.2) is 5.82 Å². The number of benzene rings is 1. The van der Waals surface area contributed by atoms with Crippen molar-refractivity contribution < 1.29 is 4.39 Å². The summed E-state index contributed by atoms with van der Waals surface area (Å²) in [6.07, 6.45) is 5.37. The number of hydrogen-bond donors (Lipinski definition) is 1. The number of unbranched alkanes of at least 4 members (excludes halogenated alkanes) is 3. The largest absolute Gasteiger partial charge is 0.330 e. The van der Waals surface area contributed by atoms with Crippen molar-refractivity contribution in [2.75, 3.05) is 6.54 Å². The molecule has 0 fully saturated rings. The molecule has 0 aliphatic heterocycles. The van der Waals surface area contributed by atoms with E-state index in [4.69, 9.17) is 5.73 Å². The molecule has 1 aromatic carbocycles. The van der Waals surface area contributed by atoms with E-state index in [1.807, 2.05) is 6.07 Å². The molecule has 0 unspecified atom stereocenters. The average Bonchev–Trinajstić information content (AvgIpc) is 2.78. The highest BCUT2D eigenvalue weighted by Gasteiger charge is 2.15. The Balaban J connectivity index is 2.19. The van der Waals surface area contributed by atoms with E-state index in [0.29, 0.717) is 11.6 Å². The Morgan fingerprint density at radius 3 is 2.65 bits per heavy atom. The summed E-state index contributed by atoms with van der Waals surface area (Å²) < 4.78 is 16.0. The van der Waals surface area contributed by atoms with Crippen LogP contribution in [0.4, 0.5) is 4.39 Å². The Morgan fingerprint density at radius 2 is 1.95 bits per heavy atom. The van der Waals surface area contributed by atoms with E-state index in [1.54, 1.807) is 6.07 Å². The number of nitrogens with two attached hydrogens (primary N) is 1. The second kappa shape index (κ2) is 6.84. The van der Waals surface area contributed by atoms with Crippen LogP contribution in [0.25, 0.3) is 11.0 Å². The molecule has 0 saturated heterocycles. The van der Waals surface area contributed by atoms with Gasteiger partial charge in [-0.3, -0.25) is 0 Å². The number of nitrogens with zero attached hydrogens (tertiary/aromatic N) is 2. The molecule has 1 aromatic heterocycles. The molecule has 2 rings (SSSR count). The number of para-hydroxylation sites is 1. The van der Waals surface area contributed by atoms with Crippen molar-refractivity contribution >= 4 is 11.0 Å². The summed E-state index contributed by atoms with van der Waals surface area (Å²) in [7, 11) is 0. The molecule has 4 heteroatoms. The summed E-state index contributed by atoms with van der Waals surface area (Å²) in [5, 5.41) is 0. The zero-order valence-electron chi connectivity index (χ0n) is 12.4. The monoisotopic (exact) mass is 277 g/mol. The van der Waals surface area contributed by atoms with Crippen LogP contribution in [0.15, 0.2) is 18.2 Å². The van der Waals surface area contributed by atoms with Crippen molar-refractivity contribution in [3.63, 3.8) is 0 Å². The number of halogens is 1. The van der Waals surface area contributed by atoms with Crippen LogP contribution in [0.3, 0.4) is 0 Å². The van der Waals surface area contributed by atoms with Gasteiger partial charge in [0.2, 0.25) is 0 Å². The molecule has 0 radical (unpaired) electrons. The Kier molecular flexibility index (Phi) is 5.12. The summed E-state index contributed by atoms with van der Waals surface area (Å²) in [5.74, 6) is 0.763. The Bertz CT molecular complexity index is 560. The van der Waals surface area contributed by atoms with E-state index in [2.05, 4.69) is 23.4 Å². The number of fused-ring (bicyclic) bond motifs is 1. The van der Waals surface area contributed by atoms with E-state index in [0.717, 1.165) is 50.0 Å². The van der Waals surface area contributed by atoms with Gasteiger partial charge in [0, 0.05) is 12.5 Å². The number of imidazole rings is 1. The van der Waals surface area contributed by atoms with Crippen molar-refractivity contribution in [1.29, 1.82) is 0 Å². The first-order chi connectivity index (χ1) is 9.65. The maximum absolute atomic E-state index is 13.8. The molecule has 0 bridgehead atoms. The topological polar surface area (TPSA) is 43.8 Å². The van der Waals surface area contributed by atoms with Crippen LogP contribution < -0.4 is 5.73 Å². The van der Waals surface area contributed by atoms with Gasteiger partial charge in [-0.05, 0) is 45.4 Å². The van der Waals surface area contributed by atoms with Gasteiger partial charge in [-0.2, -0.15) is 0 Å². The molecule has 0 saturated carbocycles. The maximum atomic E-state index is 13.8. The fraction of sp³-hybridized carbons (Fsp3) is 0.562. The molecule has 20 heavy (non-hydrogen) atoms. The van der Waals surface area contributed by atoms with Crippen LogP contribution in [0.2, 0.25) is 0 Å². The van der Waals surface area contributed by atoms with Gasteiger partial charge in [-0.1, -0.05) is 18.9 Å². The van der Waals surface area contributed by atoms with Crippen LogP contribution in [0, 0.1) is 5.82 Å². The van der Waals surface area contributed by atoms with Gasteiger partial charge in [0.1, 0.15) is 11.3 Å². The third-order valence-corrected chi connectivity index (χ3v) is 3.61. The van der Waals surface area contributed by atoms with Gasteiger partial charge in [-0.25, -0.2) is 9.37 Å². The van der Waals surface area contributed by atoms with Gasteiger partial charge >= 0.3 is 0 Å². The highest BCUT2D eigenvalue weighted by Crippen LogP contribution is 2.24. The fourth-order valence-electron chi connectivity index (χ4n) is 2.66. The van der Waals surface area contributed by atoms with Gasteiger partial charge in [0.25, 0.3) is 0 Å². The normalized spacial score (nSPS) is 11.7. The molecule has 2 aromatic rings. The van der Waals surface area contributed by atoms with Crippen molar-refractivity contribution in [3.05, 3.63) is 29.8 Å². The van der Waals surface area contributed by atoms with Gasteiger partial charge in [-0.15, -0.1) is 0 Å². The molecule has 1 heterocycles. The third-order valence-electron chi connectivity index (χ3n) is 3.61. The minimum atomic E-state index is -0.230. The third kappa shape index (κ3) is 3.18. The van der Waals surface area contributed by atoms with Crippen molar-refractivity contribution in [1.82, 2.24) is 9.55 Å². The fourth-order valence-corrected chi connectivity index (χ4v) is 2.66. The molecule has 0 aliphatic carbocycles. The summed E-state index contributed by atoms with van der Waals surface area (Å²) in [6.45, 7) is 4.99.